The van der Waals surface area contributed by atoms with Gasteiger partial charge in [0.1, 0.15) is 0 Å². The number of rotatable bonds is 41. The van der Waals surface area contributed by atoms with E-state index in [-0.39, 0.29) is 14.9 Å². The first-order chi connectivity index (χ1) is 54.2. The molecule has 10 aromatic rings. The van der Waals surface area contributed by atoms with Crippen LogP contribution in [0.4, 0.5) is 0 Å². The van der Waals surface area contributed by atoms with Crippen LogP contribution in [0, 0.1) is 0 Å². The Hall–Kier alpha value is -4.95. The first-order valence-corrected chi connectivity index (χ1v) is 81.8. The zero-order valence-corrected chi connectivity index (χ0v) is 88.6. The van der Waals surface area contributed by atoms with Gasteiger partial charge in [0.05, 0.1) is 0 Å². The molecular formula is C92H142O10Si15. The van der Waals surface area contributed by atoms with E-state index in [0.29, 0.717) is 0 Å². The van der Waals surface area contributed by atoms with Crippen LogP contribution in [-0.2, 0) is 41.5 Å². The summed E-state index contributed by atoms with van der Waals surface area (Å²) >= 11 is 0. The minimum absolute atomic E-state index is 0. The lowest BCUT2D eigenvalue weighted by molar-refractivity contribution is 0.325. The minimum atomic E-state index is -3.34. The summed E-state index contributed by atoms with van der Waals surface area (Å²) in [4.78, 5) is 0. The lowest BCUT2D eigenvalue weighted by Gasteiger charge is -2.45. The molecule has 0 atom stereocenters. The van der Waals surface area contributed by atoms with Gasteiger partial charge in [-0.1, -0.05) is 344 Å². The van der Waals surface area contributed by atoms with Crippen molar-refractivity contribution in [2.45, 2.75) is 201 Å². The Morgan fingerprint density at radius 3 is 0.462 bits per heavy atom. The zero-order valence-electron chi connectivity index (χ0n) is 73.3. The smallest absolute Gasteiger partial charge is 0.396 e. The van der Waals surface area contributed by atoms with Gasteiger partial charge in [0, 0.05) is 15.2 Å². The van der Waals surface area contributed by atoms with Crippen LogP contribution in [0.5, 0.6) is 0 Å². The summed E-state index contributed by atoms with van der Waals surface area (Å²) in [5, 5.41) is 11.7. The molecule has 0 saturated heterocycles. The molecule has 10 aromatic carbocycles. The van der Waals surface area contributed by atoms with Crippen molar-refractivity contribution in [2.24, 2.45) is 0 Å². The predicted molar refractivity (Wildman–Crippen MR) is 542 cm³/mol. The molecule has 10 nitrogen and oxygen atoms in total. The van der Waals surface area contributed by atoms with E-state index >= 15 is 0 Å². The summed E-state index contributed by atoms with van der Waals surface area (Å²) in [6.45, 7) is 50.0. The van der Waals surface area contributed by atoms with Crippen molar-refractivity contribution < 1.29 is 41.5 Å². The average Bonchev–Trinajstić information content (AvgIpc) is 0.737. The molecular weight excluding hydrogens is 1690 g/mol. The molecule has 0 heterocycles. The third-order valence-electron chi connectivity index (χ3n) is 21.0. The first kappa shape index (κ1) is 99.2. The number of benzene rings is 10. The van der Waals surface area contributed by atoms with Crippen molar-refractivity contribution in [1.82, 2.24) is 0 Å². The molecule has 117 heavy (non-hydrogen) atoms. The lowest BCUT2D eigenvalue weighted by atomic mass is 10.4. The SMILES string of the molecule is C.C.CO[Si](O[Si](C)(C)CC[Si](C)(C)O[Si](O[SiH](C)C)(c1ccccc1)c1ccccc1)(c1ccccc1)c1ccccc1.C[SiH](C)O[Si](O[Si](C)(C)CC[Si](C)(C)O[Si](O[Si](C)(C)CC[Si](C)(C)O[Si](O[Si](C)(C)CC[Si](C)(C)C)(c1ccccc1)c1ccccc1)(c1ccccc1)c1ccccc1)(c1ccccc1)c1ccccc1. The predicted octanol–water partition coefficient (Wildman–Crippen LogP) is 19.1. The van der Waals surface area contributed by atoms with Gasteiger partial charge in [-0.25, -0.2) is 0 Å². The van der Waals surface area contributed by atoms with Gasteiger partial charge in [0.25, 0.3) is 0 Å². The van der Waals surface area contributed by atoms with E-state index in [1.165, 1.54) is 37.2 Å². The topological polar surface area (TPSA) is 92.3 Å². The van der Waals surface area contributed by atoms with Crippen molar-refractivity contribution in [3.8, 4) is 0 Å². The van der Waals surface area contributed by atoms with Crippen molar-refractivity contribution in [3.63, 3.8) is 0 Å². The van der Waals surface area contributed by atoms with Crippen LogP contribution in [0.3, 0.4) is 0 Å². The number of hydrogen-bond acceptors (Lipinski definition) is 10. The molecule has 0 saturated carbocycles. The Bertz CT molecular complexity index is 4310. The monoisotopic (exact) mass is 1830 g/mol. The molecule has 25 heteroatoms. The molecule has 10 rings (SSSR count). The van der Waals surface area contributed by atoms with E-state index < -0.39 is 127 Å². The van der Waals surface area contributed by atoms with Gasteiger partial charge in [-0.3, -0.25) is 0 Å². The Labute approximate surface area is 725 Å². The van der Waals surface area contributed by atoms with Crippen LogP contribution < -0.4 is 51.9 Å². The molecule has 0 aliphatic carbocycles. The maximum atomic E-state index is 8.06. The second-order valence-corrected chi connectivity index (χ2v) is 94.8. The second-order valence-electron chi connectivity index (χ2n) is 36.9. The van der Waals surface area contributed by atoms with Crippen molar-refractivity contribution in [1.29, 1.82) is 0 Å². The molecule has 0 unspecified atom stereocenters. The molecule has 0 aliphatic rings. The standard InChI is InChI=1S/C57H88O6Si10.C33H46O4Si5.2CH4/c1-64(2)58-71(52-34-22-16-23-35-52,53-36-24-17-25-37-53)59-67(8,9)48-49-68(10,11)62-73(56-42-30-20-31-43-56,57-44-32-21-33-45-57)63-70(14,15)51-50-69(12,13)61-72(54-38-26-18-27-39-54,55-40-28-19-29-41-55)60-66(6,7)47-46-65(3,4)5;1-34-41(30-20-12-8-13-21-30,31-22-14-9-15-23-31)36-39(4,5)28-29-40(6,7)37-42(35-38(2)3,32-24-16-10-17-25-32)33-26-18-11-19-27-33;;/h16-45,64H,46-51H2,1-15H3;8-27,38H,28-29H2,1-7H3;2*1H4. The molecule has 0 bridgehead atoms. The van der Waals surface area contributed by atoms with Crippen molar-refractivity contribution >= 4 is 179 Å². The Balaban J connectivity index is 0.000000365. The highest BCUT2D eigenvalue weighted by Gasteiger charge is 2.56. The Morgan fingerprint density at radius 1 is 0.188 bits per heavy atom. The largest absolute Gasteiger partial charge is 0.433 e. The first-order valence-electron chi connectivity index (χ1n) is 41.6. The van der Waals surface area contributed by atoms with E-state index in [0.717, 1.165) is 63.1 Å². The van der Waals surface area contributed by atoms with E-state index in [1.54, 1.807) is 0 Å². The van der Waals surface area contributed by atoms with Gasteiger partial charge in [0.15, 0.2) is 76.3 Å². The lowest BCUT2D eigenvalue weighted by Crippen LogP contribution is -2.71. The normalized spacial score (nSPS) is 13.2. The quantitative estimate of drug-likeness (QED) is 0.0345. The molecule has 630 valence electrons. The van der Waals surface area contributed by atoms with E-state index in [2.05, 4.69) is 441 Å². The van der Waals surface area contributed by atoms with Gasteiger partial charge in [-0.05, 0) is 212 Å². The summed E-state index contributed by atoms with van der Waals surface area (Å²) in [5.41, 5.74) is 0. The van der Waals surface area contributed by atoms with Crippen LogP contribution in [0.15, 0.2) is 303 Å². The maximum Gasteiger partial charge on any atom is 0.396 e. The summed E-state index contributed by atoms with van der Waals surface area (Å²) in [6, 6.07) is 116. The molecule has 0 aromatic heterocycles. The summed E-state index contributed by atoms with van der Waals surface area (Å²) in [5.74, 6) is 0. The van der Waals surface area contributed by atoms with E-state index in [1.807, 2.05) is 7.11 Å². The minimum Gasteiger partial charge on any atom is -0.433 e. The fraction of sp³-hybridized carbons (Fsp3) is 0.348. The highest BCUT2D eigenvalue weighted by Crippen LogP contribution is 2.36. The summed E-state index contributed by atoms with van der Waals surface area (Å²) in [6.07, 6.45) is 0. The third kappa shape index (κ3) is 27.8. The molecule has 0 fully saturated rings. The van der Waals surface area contributed by atoms with E-state index in [4.69, 9.17) is 41.5 Å². The number of hydrogen-bond donors (Lipinski definition) is 0. The molecule has 0 N–H and O–H groups in total. The van der Waals surface area contributed by atoms with Crippen molar-refractivity contribution in [2.75, 3.05) is 7.11 Å². The van der Waals surface area contributed by atoms with E-state index in [9.17, 15) is 0 Å². The van der Waals surface area contributed by atoms with Gasteiger partial charge in [-0.2, -0.15) is 0 Å². The van der Waals surface area contributed by atoms with Gasteiger partial charge < -0.3 is 41.5 Å². The average molecular weight is 1830 g/mol. The Morgan fingerprint density at radius 2 is 0.316 bits per heavy atom. The molecule has 0 amide bonds. The molecule has 0 radical (unpaired) electrons. The Kier molecular flexibility index (Phi) is 36.4. The van der Waals surface area contributed by atoms with Crippen LogP contribution in [0.2, 0.25) is 186 Å². The molecule has 0 spiro atoms. The van der Waals surface area contributed by atoms with Crippen LogP contribution in [0.25, 0.3) is 0 Å². The maximum absolute atomic E-state index is 8.06. The summed E-state index contributed by atoms with van der Waals surface area (Å²) < 4.78 is 75.1. The van der Waals surface area contributed by atoms with Gasteiger partial charge in [-0.15, -0.1) is 0 Å². The summed E-state index contributed by atoms with van der Waals surface area (Å²) in [7, 11) is -34.5. The van der Waals surface area contributed by atoms with Gasteiger partial charge >= 0.3 is 42.8 Å². The van der Waals surface area contributed by atoms with Crippen molar-refractivity contribution in [3.05, 3.63) is 303 Å². The highest BCUT2D eigenvalue weighted by molar-refractivity contribution is 7.06. The fourth-order valence-corrected chi connectivity index (χ4v) is 84.8. The highest BCUT2D eigenvalue weighted by atomic mass is 28.5. The zero-order chi connectivity index (χ0) is 83.5. The van der Waals surface area contributed by atoms with Crippen LogP contribution in [-0.4, -0.2) is 134 Å². The van der Waals surface area contributed by atoms with Crippen LogP contribution >= 0.6 is 0 Å². The fourth-order valence-electron chi connectivity index (χ4n) is 15.1. The third-order valence-corrected chi connectivity index (χ3v) is 76.4. The molecule has 0 aliphatic heterocycles. The van der Waals surface area contributed by atoms with Crippen LogP contribution in [0.1, 0.15) is 14.9 Å². The second kappa shape index (κ2) is 42.9. The van der Waals surface area contributed by atoms with Gasteiger partial charge in [0.2, 0.25) is 0 Å².